The zero-order valence-electron chi connectivity index (χ0n) is 11.3. The summed E-state index contributed by atoms with van der Waals surface area (Å²) in [7, 11) is -3.22. The summed E-state index contributed by atoms with van der Waals surface area (Å²) in [6.07, 6.45) is 1.33. The van der Waals surface area contributed by atoms with E-state index < -0.39 is 9.84 Å². The molecule has 1 unspecified atom stereocenters. The number of aliphatic hydroxyl groups is 1. The van der Waals surface area contributed by atoms with Gasteiger partial charge in [-0.05, 0) is 44.7 Å². The Balaban J connectivity index is 2.74. The molecule has 0 heterocycles. The smallest absolute Gasteiger partial charge is 0.178 e. The lowest BCUT2D eigenvalue weighted by Gasteiger charge is -2.10. The number of hydrogen-bond acceptors (Lipinski definition) is 3. The SMILES string of the molecule is CCC(O)CCCS(=O)(=O)c1ccc(C)cc1C. The first-order valence-electron chi connectivity index (χ1n) is 6.35. The first-order valence-corrected chi connectivity index (χ1v) is 8.00. The lowest BCUT2D eigenvalue weighted by Crippen LogP contribution is -2.12. The van der Waals surface area contributed by atoms with Gasteiger partial charge >= 0.3 is 0 Å². The molecule has 18 heavy (non-hydrogen) atoms. The van der Waals surface area contributed by atoms with Gasteiger partial charge in [-0.25, -0.2) is 8.42 Å². The minimum Gasteiger partial charge on any atom is -0.393 e. The first kappa shape index (κ1) is 15.2. The summed E-state index contributed by atoms with van der Waals surface area (Å²) >= 11 is 0. The fourth-order valence-electron chi connectivity index (χ4n) is 1.97. The van der Waals surface area contributed by atoms with Crippen molar-refractivity contribution in [3.63, 3.8) is 0 Å². The van der Waals surface area contributed by atoms with Crippen LogP contribution in [0.4, 0.5) is 0 Å². The Morgan fingerprint density at radius 1 is 1.28 bits per heavy atom. The van der Waals surface area contributed by atoms with E-state index in [1.807, 2.05) is 32.9 Å². The summed E-state index contributed by atoms with van der Waals surface area (Å²) in [4.78, 5) is 0.416. The number of benzene rings is 1. The van der Waals surface area contributed by atoms with Gasteiger partial charge in [0.2, 0.25) is 0 Å². The lowest BCUT2D eigenvalue weighted by molar-refractivity contribution is 0.159. The van der Waals surface area contributed by atoms with E-state index in [9.17, 15) is 13.5 Å². The molecule has 1 atom stereocenters. The van der Waals surface area contributed by atoms with Crippen LogP contribution in [0.15, 0.2) is 23.1 Å². The molecular weight excluding hydrogens is 248 g/mol. The van der Waals surface area contributed by atoms with E-state index >= 15 is 0 Å². The maximum absolute atomic E-state index is 12.2. The average Bonchev–Trinajstić information content (AvgIpc) is 2.27. The Hall–Kier alpha value is -0.870. The summed E-state index contributed by atoms with van der Waals surface area (Å²) in [6.45, 7) is 5.66. The molecule has 0 fully saturated rings. The molecule has 4 heteroatoms. The molecule has 102 valence electrons. The Bertz CT molecular complexity index is 492. The Morgan fingerprint density at radius 3 is 2.50 bits per heavy atom. The van der Waals surface area contributed by atoms with Crippen LogP contribution < -0.4 is 0 Å². The van der Waals surface area contributed by atoms with E-state index in [0.717, 1.165) is 11.1 Å². The monoisotopic (exact) mass is 270 g/mol. The van der Waals surface area contributed by atoms with Crippen LogP contribution in [0.2, 0.25) is 0 Å². The normalized spacial score (nSPS) is 13.6. The van der Waals surface area contributed by atoms with Gasteiger partial charge in [-0.1, -0.05) is 24.6 Å². The lowest BCUT2D eigenvalue weighted by atomic mass is 10.2. The fourth-order valence-corrected chi connectivity index (χ4v) is 3.56. The van der Waals surface area contributed by atoms with Gasteiger partial charge in [0, 0.05) is 0 Å². The van der Waals surface area contributed by atoms with Crippen molar-refractivity contribution in [3.8, 4) is 0 Å². The minimum absolute atomic E-state index is 0.105. The van der Waals surface area contributed by atoms with Crippen LogP contribution in [0.1, 0.15) is 37.3 Å². The maximum atomic E-state index is 12.2. The van der Waals surface area contributed by atoms with E-state index in [1.54, 1.807) is 6.07 Å². The van der Waals surface area contributed by atoms with Crippen molar-refractivity contribution in [3.05, 3.63) is 29.3 Å². The van der Waals surface area contributed by atoms with Crippen molar-refractivity contribution >= 4 is 9.84 Å². The van der Waals surface area contributed by atoms with Crippen molar-refractivity contribution in [2.75, 3.05) is 5.75 Å². The number of sulfone groups is 1. The second-order valence-electron chi connectivity index (χ2n) is 4.79. The Kier molecular flexibility index (Phi) is 5.35. The first-order chi connectivity index (χ1) is 8.36. The summed E-state index contributed by atoms with van der Waals surface area (Å²) < 4.78 is 24.3. The molecule has 0 aliphatic heterocycles. The highest BCUT2D eigenvalue weighted by molar-refractivity contribution is 7.91. The van der Waals surface area contributed by atoms with Crippen LogP contribution in [0.25, 0.3) is 0 Å². The number of rotatable bonds is 6. The second kappa shape index (κ2) is 6.34. The largest absolute Gasteiger partial charge is 0.393 e. The van der Waals surface area contributed by atoms with Crippen LogP contribution >= 0.6 is 0 Å². The molecule has 0 aliphatic rings. The van der Waals surface area contributed by atoms with Crippen molar-refractivity contribution in [2.45, 2.75) is 51.0 Å². The van der Waals surface area contributed by atoms with Crippen LogP contribution in [0.5, 0.6) is 0 Å². The second-order valence-corrected chi connectivity index (χ2v) is 6.87. The summed E-state index contributed by atoms with van der Waals surface area (Å²) in [5.74, 6) is 0.105. The van der Waals surface area contributed by atoms with Crippen molar-refractivity contribution < 1.29 is 13.5 Å². The molecule has 1 aromatic rings. The third-order valence-electron chi connectivity index (χ3n) is 3.09. The third kappa shape index (κ3) is 4.10. The molecule has 3 nitrogen and oxygen atoms in total. The van der Waals surface area contributed by atoms with E-state index in [2.05, 4.69) is 0 Å². The third-order valence-corrected chi connectivity index (χ3v) is 5.04. The number of aryl methyl sites for hydroxylation is 2. The van der Waals surface area contributed by atoms with Crippen molar-refractivity contribution in [2.24, 2.45) is 0 Å². The van der Waals surface area contributed by atoms with E-state index in [4.69, 9.17) is 0 Å². The minimum atomic E-state index is -3.22. The van der Waals surface area contributed by atoms with Crippen LogP contribution in [0, 0.1) is 13.8 Å². The predicted octanol–water partition coefficient (Wildman–Crippen LogP) is 2.63. The maximum Gasteiger partial charge on any atom is 0.178 e. The van der Waals surface area contributed by atoms with Gasteiger partial charge in [0.05, 0.1) is 16.8 Å². The van der Waals surface area contributed by atoms with Gasteiger partial charge in [-0.3, -0.25) is 0 Å². The molecule has 0 amide bonds. The van der Waals surface area contributed by atoms with E-state index in [0.29, 0.717) is 24.2 Å². The van der Waals surface area contributed by atoms with Gasteiger partial charge in [-0.15, -0.1) is 0 Å². The fraction of sp³-hybridized carbons (Fsp3) is 0.571. The number of hydrogen-bond donors (Lipinski definition) is 1. The molecule has 1 rings (SSSR count). The molecule has 0 radical (unpaired) electrons. The molecule has 1 aromatic carbocycles. The molecular formula is C14H22O3S. The highest BCUT2D eigenvalue weighted by Crippen LogP contribution is 2.19. The highest BCUT2D eigenvalue weighted by atomic mass is 32.2. The van der Waals surface area contributed by atoms with Crippen molar-refractivity contribution in [1.29, 1.82) is 0 Å². The quantitative estimate of drug-likeness (QED) is 0.864. The van der Waals surface area contributed by atoms with Gasteiger partial charge in [-0.2, -0.15) is 0 Å². The molecule has 1 N–H and O–H groups in total. The summed E-state index contributed by atoms with van der Waals surface area (Å²) in [6, 6.07) is 5.38. The summed E-state index contributed by atoms with van der Waals surface area (Å²) in [5.41, 5.74) is 1.86. The van der Waals surface area contributed by atoms with Crippen LogP contribution in [0.3, 0.4) is 0 Å². The zero-order chi connectivity index (χ0) is 13.8. The highest BCUT2D eigenvalue weighted by Gasteiger charge is 2.17. The molecule has 0 spiro atoms. The van der Waals surface area contributed by atoms with Crippen molar-refractivity contribution in [1.82, 2.24) is 0 Å². The topological polar surface area (TPSA) is 54.4 Å². The Morgan fingerprint density at radius 2 is 1.94 bits per heavy atom. The van der Waals surface area contributed by atoms with E-state index in [1.165, 1.54) is 0 Å². The van der Waals surface area contributed by atoms with E-state index in [-0.39, 0.29) is 11.9 Å². The average molecular weight is 270 g/mol. The predicted molar refractivity (Wildman–Crippen MR) is 73.5 cm³/mol. The van der Waals surface area contributed by atoms with Crippen LogP contribution in [-0.4, -0.2) is 25.4 Å². The number of aliphatic hydroxyl groups excluding tert-OH is 1. The molecule has 0 aliphatic carbocycles. The standard InChI is InChI=1S/C14H22O3S/c1-4-13(15)6-5-9-18(16,17)14-8-7-11(2)10-12(14)3/h7-8,10,13,15H,4-6,9H2,1-3H3. The molecule has 0 saturated carbocycles. The molecule has 0 bridgehead atoms. The molecule has 0 aromatic heterocycles. The van der Waals surface area contributed by atoms with Gasteiger partial charge in [0.1, 0.15) is 0 Å². The molecule has 0 saturated heterocycles. The van der Waals surface area contributed by atoms with Gasteiger partial charge in [0.15, 0.2) is 9.84 Å². The van der Waals surface area contributed by atoms with Gasteiger partial charge < -0.3 is 5.11 Å². The zero-order valence-corrected chi connectivity index (χ0v) is 12.1. The van der Waals surface area contributed by atoms with Crippen LogP contribution in [-0.2, 0) is 9.84 Å². The van der Waals surface area contributed by atoms with Gasteiger partial charge in [0.25, 0.3) is 0 Å². The summed E-state index contributed by atoms with van der Waals surface area (Å²) in [5, 5.41) is 9.42. The Labute approximate surface area is 110 Å².